The number of nitro groups is 1. The van der Waals surface area contributed by atoms with Crippen LogP contribution in [0.4, 0.5) is 5.69 Å². The van der Waals surface area contributed by atoms with E-state index in [2.05, 4.69) is 5.32 Å². The van der Waals surface area contributed by atoms with Crippen LogP contribution in [0, 0.1) is 17.0 Å². The van der Waals surface area contributed by atoms with E-state index in [4.69, 9.17) is 34.8 Å². The van der Waals surface area contributed by atoms with Gasteiger partial charge in [-0.2, -0.15) is 0 Å². The standard InChI is InChI=1S/C16H13Cl3N2O5S/c1-10-5-7-13(8-6-10)27(25,26)15(16(17,18)19)20-14(22)11-3-2-4-12(9-11)21(23)24/h2-9,15H,1H3,(H,20,22)/t15-/m1/s1. The average Bonchev–Trinajstić information content (AvgIpc) is 2.58. The van der Waals surface area contributed by atoms with Crippen molar-refractivity contribution in [2.75, 3.05) is 0 Å². The lowest BCUT2D eigenvalue weighted by Gasteiger charge is -2.25. The average molecular weight is 452 g/mol. The topological polar surface area (TPSA) is 106 Å². The molecule has 0 fully saturated rings. The predicted molar refractivity (Wildman–Crippen MR) is 103 cm³/mol. The molecular weight excluding hydrogens is 439 g/mol. The van der Waals surface area contributed by atoms with Crippen LogP contribution in [0.2, 0.25) is 0 Å². The summed E-state index contributed by atoms with van der Waals surface area (Å²) in [5.41, 5.74) is 0.331. The molecule has 0 aliphatic carbocycles. The summed E-state index contributed by atoms with van der Waals surface area (Å²) in [6, 6.07) is 10.5. The Morgan fingerprint density at radius 1 is 1.15 bits per heavy atom. The Bertz CT molecular complexity index is 972. The van der Waals surface area contributed by atoms with Crippen LogP contribution in [0.25, 0.3) is 0 Å². The lowest BCUT2D eigenvalue weighted by atomic mass is 10.2. The number of rotatable bonds is 5. The maximum atomic E-state index is 12.9. The number of hydrogen-bond donors (Lipinski definition) is 1. The molecule has 1 atom stereocenters. The third kappa shape index (κ3) is 5.10. The van der Waals surface area contributed by atoms with Crippen molar-refractivity contribution in [2.24, 2.45) is 0 Å². The van der Waals surface area contributed by atoms with Gasteiger partial charge in [0.2, 0.25) is 13.6 Å². The first kappa shape index (κ1) is 21.4. The van der Waals surface area contributed by atoms with Gasteiger partial charge in [-0.15, -0.1) is 0 Å². The van der Waals surface area contributed by atoms with E-state index in [9.17, 15) is 23.3 Å². The fraction of sp³-hybridized carbons (Fsp3) is 0.188. The van der Waals surface area contributed by atoms with Crippen molar-refractivity contribution in [3.8, 4) is 0 Å². The van der Waals surface area contributed by atoms with Crippen LogP contribution >= 0.6 is 34.8 Å². The van der Waals surface area contributed by atoms with Crippen molar-refractivity contribution >= 4 is 56.2 Å². The van der Waals surface area contributed by atoms with Crippen LogP contribution in [0.15, 0.2) is 53.4 Å². The van der Waals surface area contributed by atoms with Gasteiger partial charge in [-0.3, -0.25) is 14.9 Å². The summed E-state index contributed by atoms with van der Waals surface area (Å²) in [6.45, 7) is 1.77. The SMILES string of the molecule is Cc1ccc(S(=O)(=O)[C@@H](NC(=O)c2cccc([N+](=O)[O-])c2)C(Cl)(Cl)Cl)cc1. The van der Waals surface area contributed by atoms with Crippen molar-refractivity contribution in [1.82, 2.24) is 5.32 Å². The third-order valence-electron chi connectivity index (χ3n) is 3.54. The molecule has 2 rings (SSSR count). The van der Waals surface area contributed by atoms with E-state index in [0.717, 1.165) is 11.6 Å². The first-order valence-electron chi connectivity index (χ1n) is 7.35. The second-order valence-electron chi connectivity index (χ2n) is 5.56. The zero-order valence-corrected chi connectivity index (χ0v) is 16.8. The number of carbonyl (C=O) groups is 1. The molecule has 144 valence electrons. The predicted octanol–water partition coefficient (Wildman–Crippen LogP) is 3.80. The van der Waals surface area contributed by atoms with Gasteiger partial charge in [0.25, 0.3) is 11.6 Å². The number of sulfone groups is 1. The molecule has 0 saturated carbocycles. The van der Waals surface area contributed by atoms with Crippen LogP contribution in [-0.2, 0) is 9.84 Å². The van der Waals surface area contributed by atoms with Gasteiger partial charge in [0, 0.05) is 17.7 Å². The summed E-state index contributed by atoms with van der Waals surface area (Å²) >= 11 is 17.4. The van der Waals surface area contributed by atoms with E-state index in [1.165, 1.54) is 30.3 Å². The van der Waals surface area contributed by atoms with Crippen molar-refractivity contribution in [2.45, 2.75) is 21.0 Å². The second kappa shape index (κ2) is 8.02. The molecular formula is C16H13Cl3N2O5S. The zero-order valence-electron chi connectivity index (χ0n) is 13.7. The number of non-ortho nitro benzene ring substituents is 1. The fourth-order valence-electron chi connectivity index (χ4n) is 2.16. The normalized spacial score (nSPS) is 13.0. The molecule has 0 saturated heterocycles. The van der Waals surface area contributed by atoms with Crippen molar-refractivity contribution < 1.29 is 18.1 Å². The Hall–Kier alpha value is -1.87. The Labute approximate surface area is 170 Å². The molecule has 2 aromatic carbocycles. The number of benzene rings is 2. The number of nitro benzene ring substituents is 1. The highest BCUT2D eigenvalue weighted by Gasteiger charge is 2.44. The lowest BCUT2D eigenvalue weighted by molar-refractivity contribution is -0.384. The van der Waals surface area contributed by atoms with Gasteiger partial charge in [-0.1, -0.05) is 58.6 Å². The summed E-state index contributed by atoms with van der Waals surface area (Å²) in [7, 11) is -4.27. The summed E-state index contributed by atoms with van der Waals surface area (Å²) < 4.78 is 23.3. The number of aryl methyl sites for hydroxylation is 1. The molecule has 0 radical (unpaired) electrons. The molecule has 0 aliphatic rings. The fourth-order valence-corrected chi connectivity index (χ4v) is 4.78. The Kier molecular flexibility index (Phi) is 6.36. The largest absolute Gasteiger partial charge is 0.332 e. The van der Waals surface area contributed by atoms with Gasteiger partial charge in [0.1, 0.15) is 0 Å². The van der Waals surface area contributed by atoms with E-state index >= 15 is 0 Å². The van der Waals surface area contributed by atoms with Gasteiger partial charge >= 0.3 is 0 Å². The van der Waals surface area contributed by atoms with Gasteiger partial charge in [-0.05, 0) is 25.1 Å². The molecule has 0 unspecified atom stereocenters. The molecule has 2 aromatic rings. The van der Waals surface area contributed by atoms with Gasteiger partial charge in [-0.25, -0.2) is 8.42 Å². The van der Waals surface area contributed by atoms with E-state index in [1.54, 1.807) is 19.1 Å². The zero-order chi connectivity index (χ0) is 20.4. The minimum atomic E-state index is -4.27. The van der Waals surface area contributed by atoms with Gasteiger partial charge in [0.05, 0.1) is 9.82 Å². The smallest absolute Gasteiger partial charge is 0.270 e. The molecule has 0 spiro atoms. The number of amides is 1. The maximum Gasteiger partial charge on any atom is 0.270 e. The molecule has 0 aliphatic heterocycles. The van der Waals surface area contributed by atoms with E-state index in [1.807, 2.05) is 0 Å². The number of nitrogens with one attached hydrogen (secondary N) is 1. The number of halogens is 3. The first-order chi connectivity index (χ1) is 12.4. The van der Waals surface area contributed by atoms with Crippen molar-refractivity contribution in [1.29, 1.82) is 0 Å². The van der Waals surface area contributed by atoms with Gasteiger partial charge in [0.15, 0.2) is 5.37 Å². The van der Waals surface area contributed by atoms with Crippen molar-refractivity contribution in [3.63, 3.8) is 0 Å². The number of alkyl halides is 3. The highest BCUT2D eigenvalue weighted by Crippen LogP contribution is 2.36. The molecule has 1 amide bonds. The summed E-state index contributed by atoms with van der Waals surface area (Å²) in [5.74, 6) is -0.939. The highest BCUT2D eigenvalue weighted by molar-refractivity contribution is 7.92. The Morgan fingerprint density at radius 2 is 1.74 bits per heavy atom. The third-order valence-corrected chi connectivity index (χ3v) is 6.60. The van der Waals surface area contributed by atoms with Crippen molar-refractivity contribution in [3.05, 3.63) is 69.8 Å². The second-order valence-corrected chi connectivity index (χ2v) is 9.96. The number of hydrogen-bond acceptors (Lipinski definition) is 5. The molecule has 27 heavy (non-hydrogen) atoms. The van der Waals surface area contributed by atoms with Crippen LogP contribution < -0.4 is 5.32 Å². The summed E-state index contributed by atoms with van der Waals surface area (Å²) in [6.07, 6.45) is 0. The Morgan fingerprint density at radius 3 is 2.26 bits per heavy atom. The quantitative estimate of drug-likeness (QED) is 0.423. The molecule has 7 nitrogen and oxygen atoms in total. The lowest BCUT2D eigenvalue weighted by Crippen LogP contribution is -2.49. The van der Waals surface area contributed by atoms with E-state index < -0.39 is 29.8 Å². The minimum absolute atomic E-state index is 0.149. The molecule has 1 N–H and O–H groups in total. The highest BCUT2D eigenvalue weighted by atomic mass is 35.6. The maximum absolute atomic E-state index is 12.9. The summed E-state index contributed by atoms with van der Waals surface area (Å²) in [5, 5.41) is 11.1. The Balaban J connectivity index is 2.40. The number of carbonyl (C=O) groups excluding carboxylic acids is 1. The first-order valence-corrected chi connectivity index (χ1v) is 10.0. The van der Waals surface area contributed by atoms with Crippen LogP contribution in [-0.4, -0.2) is 28.4 Å². The van der Waals surface area contributed by atoms with Crippen LogP contribution in [0.1, 0.15) is 15.9 Å². The molecule has 11 heteroatoms. The molecule has 0 heterocycles. The van der Waals surface area contributed by atoms with Crippen LogP contribution in [0.5, 0.6) is 0 Å². The van der Waals surface area contributed by atoms with E-state index in [-0.39, 0.29) is 16.1 Å². The van der Waals surface area contributed by atoms with Gasteiger partial charge < -0.3 is 5.32 Å². The monoisotopic (exact) mass is 450 g/mol. The summed E-state index contributed by atoms with van der Waals surface area (Å²) in [4.78, 5) is 22.4. The van der Waals surface area contributed by atoms with E-state index in [0.29, 0.717) is 0 Å². The van der Waals surface area contributed by atoms with Crippen LogP contribution in [0.3, 0.4) is 0 Å². The molecule has 0 aromatic heterocycles. The number of nitrogens with zero attached hydrogens (tertiary/aromatic N) is 1. The minimum Gasteiger partial charge on any atom is -0.332 e. The molecule has 0 bridgehead atoms.